The average molecular weight is 399 g/mol. The first-order chi connectivity index (χ1) is 13.5. The number of aryl methyl sites for hydroxylation is 2. The van der Waals surface area contributed by atoms with E-state index in [2.05, 4.69) is 22.1 Å². The van der Waals surface area contributed by atoms with E-state index in [1.165, 1.54) is 11.1 Å². The van der Waals surface area contributed by atoms with Crippen molar-refractivity contribution in [2.75, 3.05) is 31.5 Å². The van der Waals surface area contributed by atoms with Crippen LogP contribution in [0.3, 0.4) is 0 Å². The zero-order valence-electron chi connectivity index (χ0n) is 16.0. The van der Waals surface area contributed by atoms with Crippen LogP contribution < -0.4 is 5.32 Å². The van der Waals surface area contributed by atoms with Crippen LogP contribution in [-0.2, 0) is 6.54 Å². The highest BCUT2D eigenvalue weighted by molar-refractivity contribution is 6.31. The van der Waals surface area contributed by atoms with Crippen molar-refractivity contribution in [3.8, 4) is 0 Å². The van der Waals surface area contributed by atoms with Crippen LogP contribution in [0.4, 0.5) is 10.5 Å². The normalized spacial score (nSPS) is 15.2. The second-order valence-corrected chi connectivity index (χ2v) is 7.65. The minimum absolute atomic E-state index is 0.0561. The van der Waals surface area contributed by atoms with Crippen molar-refractivity contribution in [3.05, 3.63) is 58.4 Å². The minimum atomic E-state index is -0.0561. The van der Waals surface area contributed by atoms with E-state index in [4.69, 9.17) is 16.0 Å². The molecule has 0 radical (unpaired) electrons. The van der Waals surface area contributed by atoms with Gasteiger partial charge < -0.3 is 14.6 Å². The fraction of sp³-hybridized carbons (Fsp3) is 0.333. The zero-order chi connectivity index (χ0) is 19.7. The summed E-state index contributed by atoms with van der Waals surface area (Å²) in [7, 11) is 0. The maximum Gasteiger partial charge on any atom is 0.321 e. The van der Waals surface area contributed by atoms with Crippen molar-refractivity contribution in [3.63, 3.8) is 0 Å². The molecule has 28 heavy (non-hydrogen) atoms. The van der Waals surface area contributed by atoms with Gasteiger partial charge in [0.25, 0.3) is 0 Å². The van der Waals surface area contributed by atoms with Gasteiger partial charge in [0.1, 0.15) is 5.52 Å². The summed E-state index contributed by atoms with van der Waals surface area (Å²) in [5, 5.41) is 3.64. The third-order valence-corrected chi connectivity index (χ3v) is 5.41. The zero-order valence-corrected chi connectivity index (χ0v) is 16.8. The largest absolute Gasteiger partial charge is 0.439 e. The van der Waals surface area contributed by atoms with E-state index >= 15 is 0 Å². The average Bonchev–Trinajstić information content (AvgIpc) is 3.06. The Hall–Kier alpha value is -2.57. The van der Waals surface area contributed by atoms with Crippen LogP contribution >= 0.6 is 11.6 Å². The molecule has 0 aliphatic carbocycles. The first-order valence-electron chi connectivity index (χ1n) is 9.38. The van der Waals surface area contributed by atoms with Gasteiger partial charge in [-0.2, -0.15) is 0 Å². The molecular weight excluding hydrogens is 376 g/mol. The minimum Gasteiger partial charge on any atom is -0.439 e. The fourth-order valence-corrected chi connectivity index (χ4v) is 3.50. The Morgan fingerprint density at radius 1 is 1.11 bits per heavy atom. The summed E-state index contributed by atoms with van der Waals surface area (Å²) in [4.78, 5) is 21.1. The van der Waals surface area contributed by atoms with E-state index in [0.717, 1.165) is 29.9 Å². The van der Waals surface area contributed by atoms with Crippen molar-refractivity contribution >= 4 is 34.4 Å². The van der Waals surface area contributed by atoms with Crippen LogP contribution in [-0.4, -0.2) is 47.0 Å². The molecule has 7 heteroatoms. The Labute approximate surface area is 169 Å². The van der Waals surface area contributed by atoms with Crippen LogP contribution in [0.15, 0.2) is 40.8 Å². The number of anilines is 1. The molecule has 1 saturated heterocycles. The number of halogens is 1. The number of rotatable bonds is 3. The number of carbonyl (C=O) groups excluding carboxylic acids is 1. The number of nitrogens with zero attached hydrogens (tertiary/aromatic N) is 3. The van der Waals surface area contributed by atoms with Crippen molar-refractivity contribution in [2.24, 2.45) is 0 Å². The molecular formula is C21H23ClN4O2. The lowest BCUT2D eigenvalue weighted by molar-refractivity contribution is 0.136. The van der Waals surface area contributed by atoms with Gasteiger partial charge >= 0.3 is 6.03 Å². The molecule has 0 atom stereocenters. The number of hydrogen-bond donors (Lipinski definition) is 1. The first kappa shape index (κ1) is 18.8. The molecule has 6 nitrogen and oxygen atoms in total. The van der Waals surface area contributed by atoms with Gasteiger partial charge in [0, 0.05) is 36.9 Å². The SMILES string of the molecule is Cc1ccc(NC(=O)N2CCN(Cc3nc4cc(Cl)ccc4o3)CC2)cc1C. The lowest BCUT2D eigenvalue weighted by Gasteiger charge is -2.34. The van der Waals surface area contributed by atoms with Gasteiger partial charge in [-0.25, -0.2) is 9.78 Å². The quantitative estimate of drug-likeness (QED) is 0.708. The van der Waals surface area contributed by atoms with Crippen LogP contribution in [0.1, 0.15) is 17.0 Å². The highest BCUT2D eigenvalue weighted by Gasteiger charge is 2.22. The Morgan fingerprint density at radius 3 is 2.64 bits per heavy atom. The number of fused-ring (bicyclic) bond motifs is 1. The molecule has 4 rings (SSSR count). The smallest absolute Gasteiger partial charge is 0.321 e. The second-order valence-electron chi connectivity index (χ2n) is 7.21. The van der Waals surface area contributed by atoms with Gasteiger partial charge in [0.05, 0.1) is 6.54 Å². The van der Waals surface area contributed by atoms with Crippen molar-refractivity contribution in [2.45, 2.75) is 20.4 Å². The van der Waals surface area contributed by atoms with E-state index in [-0.39, 0.29) is 6.03 Å². The summed E-state index contributed by atoms with van der Waals surface area (Å²) in [6, 6.07) is 11.3. The predicted octanol–water partition coefficient (Wildman–Crippen LogP) is 4.45. The number of amides is 2. The number of piperazine rings is 1. The van der Waals surface area contributed by atoms with Gasteiger partial charge in [-0.1, -0.05) is 17.7 Å². The summed E-state index contributed by atoms with van der Waals surface area (Å²) in [5.74, 6) is 0.672. The highest BCUT2D eigenvalue weighted by Crippen LogP contribution is 2.21. The Kier molecular flexibility index (Phi) is 5.24. The van der Waals surface area contributed by atoms with Crippen molar-refractivity contribution < 1.29 is 9.21 Å². The summed E-state index contributed by atoms with van der Waals surface area (Å²) >= 11 is 6.00. The van der Waals surface area contributed by atoms with Crippen LogP contribution in [0.5, 0.6) is 0 Å². The number of benzene rings is 2. The van der Waals surface area contributed by atoms with Gasteiger partial charge in [0.15, 0.2) is 5.58 Å². The standard InChI is InChI=1S/C21H23ClN4O2/c1-14-3-5-17(11-15(14)2)23-21(27)26-9-7-25(8-10-26)13-20-24-18-12-16(22)4-6-19(18)28-20/h3-6,11-12H,7-10,13H2,1-2H3,(H,23,27). The van der Waals surface area contributed by atoms with Crippen LogP contribution in [0, 0.1) is 13.8 Å². The van der Waals surface area contributed by atoms with Gasteiger partial charge in [-0.3, -0.25) is 4.90 Å². The summed E-state index contributed by atoms with van der Waals surface area (Å²) < 4.78 is 5.80. The molecule has 1 aliphatic heterocycles. The molecule has 1 aliphatic rings. The molecule has 1 aromatic heterocycles. The van der Waals surface area contributed by atoms with Gasteiger partial charge in [-0.15, -0.1) is 0 Å². The summed E-state index contributed by atoms with van der Waals surface area (Å²) in [5.41, 5.74) is 4.73. The second kappa shape index (κ2) is 7.81. The third-order valence-electron chi connectivity index (χ3n) is 5.17. The monoisotopic (exact) mass is 398 g/mol. The van der Waals surface area contributed by atoms with E-state index in [9.17, 15) is 4.79 Å². The fourth-order valence-electron chi connectivity index (χ4n) is 3.34. The predicted molar refractivity (Wildman–Crippen MR) is 111 cm³/mol. The van der Waals surface area contributed by atoms with Gasteiger partial charge in [-0.05, 0) is 55.3 Å². The topological polar surface area (TPSA) is 61.6 Å². The molecule has 1 N–H and O–H groups in total. The maximum atomic E-state index is 12.5. The lowest BCUT2D eigenvalue weighted by Crippen LogP contribution is -2.49. The molecule has 0 bridgehead atoms. The number of aromatic nitrogens is 1. The Morgan fingerprint density at radius 2 is 1.89 bits per heavy atom. The summed E-state index contributed by atoms with van der Waals surface area (Å²) in [6.07, 6.45) is 0. The van der Waals surface area contributed by atoms with Crippen LogP contribution in [0.25, 0.3) is 11.1 Å². The number of nitrogens with one attached hydrogen (secondary N) is 1. The molecule has 0 unspecified atom stereocenters. The summed E-state index contributed by atoms with van der Waals surface area (Å²) in [6.45, 7) is 7.62. The highest BCUT2D eigenvalue weighted by atomic mass is 35.5. The van der Waals surface area contributed by atoms with Crippen molar-refractivity contribution in [1.82, 2.24) is 14.8 Å². The molecule has 3 aromatic rings. The molecule has 0 spiro atoms. The molecule has 2 heterocycles. The Bertz CT molecular complexity index is 1010. The van der Waals surface area contributed by atoms with Crippen molar-refractivity contribution in [1.29, 1.82) is 0 Å². The number of carbonyl (C=O) groups is 1. The molecule has 2 amide bonds. The maximum absolute atomic E-state index is 12.5. The number of hydrogen-bond acceptors (Lipinski definition) is 4. The van der Waals surface area contributed by atoms with E-state index < -0.39 is 0 Å². The Balaban J connectivity index is 1.32. The molecule has 146 valence electrons. The van der Waals surface area contributed by atoms with E-state index in [1.807, 2.05) is 36.1 Å². The molecule has 0 saturated carbocycles. The molecule has 2 aromatic carbocycles. The third kappa shape index (κ3) is 4.13. The number of oxazole rings is 1. The van der Waals surface area contributed by atoms with Crippen LogP contribution in [0.2, 0.25) is 5.02 Å². The molecule has 1 fully saturated rings. The number of urea groups is 1. The first-order valence-corrected chi connectivity index (χ1v) is 9.76. The van der Waals surface area contributed by atoms with Gasteiger partial charge in [0.2, 0.25) is 5.89 Å². The van der Waals surface area contributed by atoms with E-state index in [0.29, 0.717) is 30.5 Å². The van der Waals surface area contributed by atoms with E-state index in [1.54, 1.807) is 12.1 Å². The lowest BCUT2D eigenvalue weighted by atomic mass is 10.1.